The molecule has 3 rings (SSSR count). The molecule has 0 N–H and O–H groups in total. The van der Waals surface area contributed by atoms with Crippen molar-refractivity contribution in [3.05, 3.63) is 53.4 Å². The zero-order valence-electron chi connectivity index (χ0n) is 10.5. The molecule has 0 amide bonds. The number of benzene rings is 2. The lowest BCUT2D eigenvalue weighted by Gasteiger charge is -2.17. The number of hydrogen-bond donors (Lipinski definition) is 0. The first kappa shape index (κ1) is 12.2. The van der Waals surface area contributed by atoms with Crippen LogP contribution in [0.3, 0.4) is 0 Å². The van der Waals surface area contributed by atoms with Crippen molar-refractivity contribution in [2.45, 2.75) is 4.71 Å². The monoisotopic (exact) mass is 273 g/mol. The Morgan fingerprint density at radius 2 is 1.78 bits per heavy atom. The number of hydrogen-bond acceptors (Lipinski definition) is 3. The maximum atomic E-state index is 2.29. The number of thioether (sulfide) groups is 2. The van der Waals surface area contributed by atoms with E-state index in [1.165, 1.54) is 21.2 Å². The highest BCUT2D eigenvalue weighted by Crippen LogP contribution is 2.47. The first-order valence-electron chi connectivity index (χ1n) is 5.92. The fourth-order valence-electron chi connectivity index (χ4n) is 2.08. The Hall–Kier alpha value is -0.900. The van der Waals surface area contributed by atoms with E-state index in [4.69, 9.17) is 0 Å². The molecular weight excluding hydrogens is 258 g/mol. The molecular formula is C15H15NS2. The molecule has 1 atom stereocenters. The fraction of sp³-hybridized carbons (Fsp3) is 0.200. The molecule has 2 aromatic carbocycles. The van der Waals surface area contributed by atoms with E-state index in [9.17, 15) is 0 Å². The first-order chi connectivity index (χ1) is 8.75. The van der Waals surface area contributed by atoms with Crippen molar-refractivity contribution in [1.29, 1.82) is 0 Å². The molecule has 1 heterocycles. The average molecular weight is 273 g/mol. The molecule has 1 unspecified atom stereocenters. The van der Waals surface area contributed by atoms with Crippen LogP contribution < -0.4 is 0 Å². The van der Waals surface area contributed by atoms with E-state index in [1.807, 2.05) is 23.5 Å². The maximum absolute atomic E-state index is 2.29. The smallest absolute Gasteiger partial charge is 0.111 e. The lowest BCUT2D eigenvalue weighted by molar-refractivity contribution is 0.462. The van der Waals surface area contributed by atoms with E-state index in [-0.39, 0.29) is 0 Å². The molecule has 1 aliphatic rings. The minimum absolute atomic E-state index is 0.499. The van der Waals surface area contributed by atoms with Gasteiger partial charge in [0.15, 0.2) is 0 Å². The van der Waals surface area contributed by atoms with Crippen molar-refractivity contribution in [3.8, 4) is 0 Å². The Morgan fingerprint density at radius 3 is 2.56 bits per heavy atom. The van der Waals surface area contributed by atoms with Crippen LogP contribution in [-0.4, -0.2) is 23.7 Å². The molecule has 18 heavy (non-hydrogen) atoms. The van der Waals surface area contributed by atoms with Crippen LogP contribution in [0.1, 0.15) is 5.56 Å². The van der Waals surface area contributed by atoms with E-state index >= 15 is 0 Å². The molecule has 92 valence electrons. The topological polar surface area (TPSA) is 3.24 Å². The van der Waals surface area contributed by atoms with Crippen molar-refractivity contribution in [2.75, 3.05) is 14.1 Å². The van der Waals surface area contributed by atoms with E-state index in [1.54, 1.807) is 0 Å². The van der Waals surface area contributed by atoms with Gasteiger partial charge in [0.2, 0.25) is 0 Å². The van der Waals surface area contributed by atoms with Gasteiger partial charge in [-0.15, -0.1) is 11.8 Å². The quantitative estimate of drug-likeness (QED) is 0.795. The lowest BCUT2D eigenvalue weighted by atomic mass is 10.0. The van der Waals surface area contributed by atoms with E-state index in [0.29, 0.717) is 4.71 Å². The van der Waals surface area contributed by atoms with Crippen LogP contribution in [0.2, 0.25) is 0 Å². The first-order valence-corrected chi connectivity index (χ1v) is 7.75. The predicted octanol–water partition coefficient (Wildman–Crippen LogP) is 4.46. The molecule has 1 nitrogen and oxygen atoms in total. The van der Waals surface area contributed by atoms with Crippen molar-refractivity contribution < 1.29 is 0 Å². The third kappa shape index (κ3) is 2.18. The fourth-order valence-corrected chi connectivity index (χ4v) is 4.51. The second-order valence-electron chi connectivity index (χ2n) is 4.53. The predicted molar refractivity (Wildman–Crippen MR) is 84.6 cm³/mol. The van der Waals surface area contributed by atoms with E-state index in [2.05, 4.69) is 66.9 Å². The SMILES string of the molecule is CN(C)C1SC=C(c2cccc3ccccc23)S1. The van der Waals surface area contributed by atoms with Crippen LogP contribution in [0.25, 0.3) is 15.7 Å². The number of fused-ring (bicyclic) bond motifs is 1. The molecule has 3 heteroatoms. The Kier molecular flexibility index (Phi) is 3.37. The third-order valence-electron chi connectivity index (χ3n) is 3.00. The molecule has 0 saturated heterocycles. The number of rotatable bonds is 2. The van der Waals surface area contributed by atoms with Gasteiger partial charge < -0.3 is 0 Å². The lowest BCUT2D eigenvalue weighted by Crippen LogP contribution is -2.18. The second-order valence-corrected chi connectivity index (χ2v) is 6.91. The van der Waals surface area contributed by atoms with Crippen molar-refractivity contribution >= 4 is 39.2 Å². The summed E-state index contributed by atoms with van der Waals surface area (Å²) in [4.78, 5) is 3.64. The Labute approximate surface area is 116 Å². The van der Waals surface area contributed by atoms with Crippen LogP contribution in [0, 0.1) is 0 Å². The summed E-state index contributed by atoms with van der Waals surface area (Å²) in [5.74, 6) is 0. The molecule has 0 aromatic heterocycles. The summed E-state index contributed by atoms with van der Waals surface area (Å²) < 4.78 is 0.499. The molecule has 0 bridgehead atoms. The Balaban J connectivity index is 2.01. The van der Waals surface area contributed by atoms with Crippen LogP contribution in [0.15, 0.2) is 47.9 Å². The van der Waals surface area contributed by atoms with Gasteiger partial charge in [-0.2, -0.15) is 0 Å². The van der Waals surface area contributed by atoms with Gasteiger partial charge in [-0.1, -0.05) is 54.2 Å². The zero-order valence-corrected chi connectivity index (χ0v) is 12.1. The highest BCUT2D eigenvalue weighted by atomic mass is 32.2. The highest BCUT2D eigenvalue weighted by molar-refractivity contribution is 8.26. The molecule has 2 aromatic rings. The summed E-state index contributed by atoms with van der Waals surface area (Å²) in [6.07, 6.45) is 0. The summed E-state index contributed by atoms with van der Waals surface area (Å²) in [6, 6.07) is 15.1. The summed E-state index contributed by atoms with van der Waals surface area (Å²) in [6.45, 7) is 0. The molecule has 1 aliphatic heterocycles. The van der Waals surface area contributed by atoms with Crippen molar-refractivity contribution in [1.82, 2.24) is 4.90 Å². The normalized spacial score (nSPS) is 19.5. The van der Waals surface area contributed by atoms with E-state index in [0.717, 1.165) is 0 Å². The molecule has 0 fully saturated rings. The molecule has 0 aliphatic carbocycles. The molecule has 0 saturated carbocycles. The summed E-state index contributed by atoms with van der Waals surface area (Å²) in [7, 11) is 4.26. The van der Waals surface area contributed by atoms with Crippen molar-refractivity contribution in [3.63, 3.8) is 0 Å². The van der Waals surface area contributed by atoms with Crippen LogP contribution in [-0.2, 0) is 0 Å². The largest absolute Gasteiger partial charge is 0.289 e. The zero-order chi connectivity index (χ0) is 12.5. The maximum Gasteiger partial charge on any atom is 0.111 e. The van der Waals surface area contributed by atoms with Gasteiger partial charge in [0.05, 0.1) is 0 Å². The highest BCUT2D eigenvalue weighted by Gasteiger charge is 2.22. The number of nitrogens with zero attached hydrogens (tertiary/aromatic N) is 1. The molecule has 0 spiro atoms. The standard InChI is InChI=1S/C15H15NS2/c1-16(2)15-17-10-14(18-15)13-9-5-7-11-6-3-4-8-12(11)13/h3-10,15H,1-2H3. The summed E-state index contributed by atoms with van der Waals surface area (Å²) >= 11 is 3.83. The van der Waals surface area contributed by atoms with Gasteiger partial charge in [-0.05, 0) is 35.8 Å². The second kappa shape index (κ2) is 5.00. The average Bonchev–Trinajstić information content (AvgIpc) is 2.87. The van der Waals surface area contributed by atoms with Crippen LogP contribution >= 0.6 is 23.5 Å². The molecule has 0 radical (unpaired) electrons. The minimum Gasteiger partial charge on any atom is -0.289 e. The Morgan fingerprint density at radius 1 is 1.00 bits per heavy atom. The van der Waals surface area contributed by atoms with Gasteiger partial charge in [0.25, 0.3) is 0 Å². The minimum atomic E-state index is 0.499. The van der Waals surface area contributed by atoms with Crippen LogP contribution in [0.4, 0.5) is 0 Å². The van der Waals surface area contributed by atoms with Gasteiger partial charge in [-0.25, -0.2) is 0 Å². The van der Waals surface area contributed by atoms with Gasteiger partial charge in [0.1, 0.15) is 4.71 Å². The summed E-state index contributed by atoms with van der Waals surface area (Å²) in [5.41, 5.74) is 1.36. The Bertz CT molecular complexity index is 599. The third-order valence-corrected chi connectivity index (χ3v) is 6.01. The summed E-state index contributed by atoms with van der Waals surface area (Å²) in [5, 5.41) is 4.95. The van der Waals surface area contributed by atoms with Crippen LogP contribution in [0.5, 0.6) is 0 Å². The van der Waals surface area contributed by atoms with Gasteiger partial charge in [-0.3, -0.25) is 4.90 Å². The van der Waals surface area contributed by atoms with Gasteiger partial charge in [0, 0.05) is 4.91 Å². The van der Waals surface area contributed by atoms with Gasteiger partial charge >= 0.3 is 0 Å². The van der Waals surface area contributed by atoms with Crippen molar-refractivity contribution in [2.24, 2.45) is 0 Å². The van der Waals surface area contributed by atoms with E-state index < -0.39 is 0 Å².